The van der Waals surface area contributed by atoms with Crippen LogP contribution in [0.15, 0.2) is 18.2 Å². The lowest BCUT2D eigenvalue weighted by Crippen LogP contribution is -2.15. The zero-order valence-corrected chi connectivity index (χ0v) is 11.2. The van der Waals surface area contributed by atoms with Gasteiger partial charge in [0.05, 0.1) is 0 Å². The Bertz CT molecular complexity index is 302. The molecule has 0 aliphatic carbocycles. The average molecular weight is 321 g/mol. The van der Waals surface area contributed by atoms with Crippen molar-refractivity contribution >= 4 is 22.6 Å². The van der Waals surface area contributed by atoms with Gasteiger partial charge < -0.3 is 5.32 Å². The summed E-state index contributed by atoms with van der Waals surface area (Å²) >= 11 is 2.38. The van der Waals surface area contributed by atoms with Gasteiger partial charge in [-0.1, -0.05) is 28.7 Å². The maximum atomic E-state index is 12.9. The highest BCUT2D eigenvalue weighted by Gasteiger charge is 1.99. The third kappa shape index (κ3) is 4.93. The first-order chi connectivity index (χ1) is 7.24. The van der Waals surface area contributed by atoms with Crippen molar-refractivity contribution in [1.29, 1.82) is 0 Å². The summed E-state index contributed by atoms with van der Waals surface area (Å²) in [5.41, 5.74) is 2.21. The van der Waals surface area contributed by atoms with Crippen molar-refractivity contribution in [2.75, 3.05) is 11.0 Å². The molecule has 1 nitrogen and oxygen atoms in total. The molecule has 0 radical (unpaired) electrons. The SMILES string of the molecule is Cc1ccc(F)cc1CNCCCCI. The van der Waals surface area contributed by atoms with E-state index in [2.05, 4.69) is 27.9 Å². The first kappa shape index (κ1) is 12.9. The fourth-order valence-corrected chi connectivity index (χ4v) is 1.94. The van der Waals surface area contributed by atoms with Gasteiger partial charge in [-0.15, -0.1) is 0 Å². The standard InChI is InChI=1S/C12H17FIN/c1-10-4-5-12(13)8-11(10)9-15-7-3-2-6-14/h4-5,8,15H,2-3,6-7,9H2,1H3. The van der Waals surface area contributed by atoms with Crippen LogP contribution in [0.1, 0.15) is 24.0 Å². The summed E-state index contributed by atoms with van der Waals surface area (Å²) in [5, 5.41) is 3.33. The summed E-state index contributed by atoms with van der Waals surface area (Å²) in [7, 11) is 0. The minimum Gasteiger partial charge on any atom is -0.313 e. The second-order valence-corrected chi connectivity index (χ2v) is 4.72. The smallest absolute Gasteiger partial charge is 0.123 e. The molecule has 1 aromatic rings. The molecule has 0 unspecified atom stereocenters. The lowest BCUT2D eigenvalue weighted by atomic mass is 10.1. The number of benzene rings is 1. The molecule has 1 N–H and O–H groups in total. The number of rotatable bonds is 6. The van der Waals surface area contributed by atoms with Crippen molar-refractivity contribution in [1.82, 2.24) is 5.32 Å². The van der Waals surface area contributed by atoms with Crippen LogP contribution >= 0.6 is 22.6 Å². The van der Waals surface area contributed by atoms with Gasteiger partial charge in [-0.2, -0.15) is 0 Å². The molecule has 84 valence electrons. The Kier molecular flexibility index (Phi) is 6.17. The predicted molar refractivity (Wildman–Crippen MR) is 71.0 cm³/mol. The summed E-state index contributed by atoms with van der Waals surface area (Å²) in [6.07, 6.45) is 2.44. The number of aryl methyl sites for hydroxylation is 1. The van der Waals surface area contributed by atoms with Crippen LogP contribution in [-0.2, 0) is 6.54 Å². The highest BCUT2D eigenvalue weighted by molar-refractivity contribution is 14.1. The number of alkyl halides is 1. The first-order valence-corrected chi connectivity index (χ1v) is 6.78. The van der Waals surface area contributed by atoms with Crippen LogP contribution in [0.3, 0.4) is 0 Å². The topological polar surface area (TPSA) is 12.0 Å². The molecule has 0 aromatic heterocycles. The average Bonchev–Trinajstić information content (AvgIpc) is 2.23. The van der Waals surface area contributed by atoms with E-state index in [1.165, 1.54) is 23.3 Å². The van der Waals surface area contributed by atoms with Crippen LogP contribution in [0.25, 0.3) is 0 Å². The molecule has 0 heterocycles. The Labute approximate surface area is 105 Å². The fourth-order valence-electron chi connectivity index (χ4n) is 1.40. The molecule has 0 bridgehead atoms. The number of hydrogen-bond acceptors (Lipinski definition) is 1. The number of unbranched alkanes of at least 4 members (excludes halogenated alkanes) is 1. The van der Waals surface area contributed by atoms with Crippen LogP contribution in [-0.4, -0.2) is 11.0 Å². The molecule has 0 atom stereocenters. The Morgan fingerprint density at radius 2 is 2.13 bits per heavy atom. The predicted octanol–water partition coefficient (Wildman–Crippen LogP) is 3.44. The molecule has 0 spiro atoms. The molecule has 1 aromatic carbocycles. The van der Waals surface area contributed by atoms with E-state index in [-0.39, 0.29) is 5.82 Å². The van der Waals surface area contributed by atoms with Crippen molar-refractivity contribution in [3.05, 3.63) is 35.1 Å². The van der Waals surface area contributed by atoms with Crippen LogP contribution in [0, 0.1) is 12.7 Å². The quantitative estimate of drug-likeness (QED) is 0.481. The van der Waals surface area contributed by atoms with Crippen molar-refractivity contribution in [3.63, 3.8) is 0 Å². The number of nitrogens with one attached hydrogen (secondary N) is 1. The van der Waals surface area contributed by atoms with E-state index < -0.39 is 0 Å². The molecular weight excluding hydrogens is 304 g/mol. The van der Waals surface area contributed by atoms with Crippen LogP contribution in [0.4, 0.5) is 4.39 Å². The Morgan fingerprint density at radius 1 is 1.33 bits per heavy atom. The minimum absolute atomic E-state index is 0.148. The first-order valence-electron chi connectivity index (χ1n) is 5.25. The van der Waals surface area contributed by atoms with Gasteiger partial charge in [0.25, 0.3) is 0 Å². The van der Waals surface area contributed by atoms with Gasteiger partial charge in [-0.3, -0.25) is 0 Å². The maximum absolute atomic E-state index is 12.9. The van der Waals surface area contributed by atoms with Crippen molar-refractivity contribution < 1.29 is 4.39 Å². The van der Waals surface area contributed by atoms with E-state index in [9.17, 15) is 4.39 Å². The molecule has 0 aliphatic heterocycles. The molecule has 0 saturated heterocycles. The molecule has 0 amide bonds. The van der Waals surface area contributed by atoms with Crippen LogP contribution in [0.5, 0.6) is 0 Å². The minimum atomic E-state index is -0.148. The monoisotopic (exact) mass is 321 g/mol. The summed E-state index contributed by atoms with van der Waals surface area (Å²) in [6.45, 7) is 3.80. The van der Waals surface area contributed by atoms with E-state index >= 15 is 0 Å². The highest BCUT2D eigenvalue weighted by Crippen LogP contribution is 2.09. The molecule has 0 fully saturated rings. The van der Waals surface area contributed by atoms with Gasteiger partial charge in [0.1, 0.15) is 5.82 Å². The van der Waals surface area contributed by atoms with Crippen molar-refractivity contribution in [2.45, 2.75) is 26.3 Å². The highest BCUT2D eigenvalue weighted by atomic mass is 127. The van der Waals surface area contributed by atoms with E-state index in [1.807, 2.05) is 13.0 Å². The Balaban J connectivity index is 2.33. The maximum Gasteiger partial charge on any atom is 0.123 e. The zero-order chi connectivity index (χ0) is 11.1. The lowest BCUT2D eigenvalue weighted by Gasteiger charge is -2.07. The summed E-state index contributed by atoms with van der Waals surface area (Å²) < 4.78 is 14.2. The van der Waals surface area contributed by atoms with Gasteiger partial charge in [0.2, 0.25) is 0 Å². The fraction of sp³-hybridized carbons (Fsp3) is 0.500. The summed E-state index contributed by atoms with van der Waals surface area (Å²) in [5.74, 6) is -0.148. The van der Waals surface area contributed by atoms with Gasteiger partial charge in [0, 0.05) is 6.54 Å². The zero-order valence-electron chi connectivity index (χ0n) is 9.02. The molecule has 3 heteroatoms. The van der Waals surface area contributed by atoms with Crippen LogP contribution < -0.4 is 5.32 Å². The van der Waals surface area contributed by atoms with E-state index in [0.717, 1.165) is 24.2 Å². The summed E-state index contributed by atoms with van der Waals surface area (Å²) in [4.78, 5) is 0. The Morgan fingerprint density at radius 3 is 2.87 bits per heavy atom. The van der Waals surface area contributed by atoms with Crippen molar-refractivity contribution in [2.24, 2.45) is 0 Å². The molecule has 0 aliphatic rings. The van der Waals surface area contributed by atoms with E-state index in [0.29, 0.717) is 0 Å². The summed E-state index contributed by atoms with van der Waals surface area (Å²) in [6, 6.07) is 4.95. The van der Waals surface area contributed by atoms with Gasteiger partial charge >= 0.3 is 0 Å². The Hall–Kier alpha value is -0.160. The van der Waals surface area contributed by atoms with E-state index in [4.69, 9.17) is 0 Å². The van der Waals surface area contributed by atoms with Gasteiger partial charge in [0.15, 0.2) is 0 Å². The normalized spacial score (nSPS) is 10.6. The molecule has 1 rings (SSSR count). The number of hydrogen-bond donors (Lipinski definition) is 1. The molecule has 15 heavy (non-hydrogen) atoms. The van der Waals surface area contributed by atoms with E-state index in [1.54, 1.807) is 6.07 Å². The third-order valence-corrected chi connectivity index (χ3v) is 3.13. The lowest BCUT2D eigenvalue weighted by molar-refractivity contribution is 0.613. The third-order valence-electron chi connectivity index (χ3n) is 2.36. The van der Waals surface area contributed by atoms with Gasteiger partial charge in [-0.05, 0) is 54.0 Å². The molecular formula is C12H17FIN. The second-order valence-electron chi connectivity index (χ2n) is 3.64. The van der Waals surface area contributed by atoms with Crippen LogP contribution in [0.2, 0.25) is 0 Å². The largest absolute Gasteiger partial charge is 0.313 e. The second kappa shape index (κ2) is 7.17. The van der Waals surface area contributed by atoms with Gasteiger partial charge in [-0.25, -0.2) is 4.39 Å². The van der Waals surface area contributed by atoms with Crippen molar-refractivity contribution in [3.8, 4) is 0 Å². The molecule has 0 saturated carbocycles. The number of halogens is 2.